The van der Waals surface area contributed by atoms with Crippen molar-refractivity contribution < 1.29 is 12.8 Å². The van der Waals surface area contributed by atoms with Crippen LogP contribution in [-0.2, 0) is 15.7 Å². The zero-order valence-corrected chi connectivity index (χ0v) is 15.3. The van der Waals surface area contributed by atoms with Gasteiger partial charge in [-0.3, -0.25) is 0 Å². The predicted octanol–water partition coefficient (Wildman–Crippen LogP) is 3.34. The van der Waals surface area contributed by atoms with Crippen LogP contribution in [0.1, 0.15) is 23.1 Å². The first-order valence-corrected chi connectivity index (χ1v) is 9.80. The monoisotopic (exact) mass is 360 g/mol. The van der Waals surface area contributed by atoms with Gasteiger partial charge in [-0.05, 0) is 32.0 Å². The van der Waals surface area contributed by atoms with Crippen LogP contribution in [0, 0.1) is 13.8 Å². The lowest BCUT2D eigenvalue weighted by atomic mass is 9.94. The van der Waals surface area contributed by atoms with Gasteiger partial charge in [-0.15, -0.1) is 0 Å². The number of halogens is 1. The fraction of sp³-hybridized carbons (Fsp3) is 0.368. The van der Waals surface area contributed by atoms with Gasteiger partial charge in [-0.2, -0.15) is 4.31 Å². The van der Waals surface area contributed by atoms with Gasteiger partial charge >= 0.3 is 0 Å². The third kappa shape index (κ3) is 2.24. The van der Waals surface area contributed by atoms with Crippen molar-refractivity contribution in [3.05, 3.63) is 59.2 Å². The molecule has 2 atom stereocenters. The standard InChI is InChI=1S/C19H21FN2O2S/c1-13-4-7-15(8-5-13)25(23,24)22-11-10-19(20)16-12-14(2)6-9-17(16)21(3)18(19)22/h4-9,12,18H,10-11H2,1-3H3/t18-,19+/m0/s1. The van der Waals surface area contributed by atoms with Gasteiger partial charge in [0.25, 0.3) is 0 Å². The zero-order chi connectivity index (χ0) is 18.0. The highest BCUT2D eigenvalue weighted by molar-refractivity contribution is 7.89. The first-order chi connectivity index (χ1) is 11.7. The Labute approximate surface area is 147 Å². The molecule has 0 spiro atoms. The van der Waals surface area contributed by atoms with E-state index in [1.54, 1.807) is 36.2 Å². The molecular weight excluding hydrogens is 339 g/mol. The highest BCUT2D eigenvalue weighted by Gasteiger charge is 2.60. The van der Waals surface area contributed by atoms with Crippen molar-refractivity contribution in [1.29, 1.82) is 0 Å². The minimum absolute atomic E-state index is 0.170. The first-order valence-electron chi connectivity index (χ1n) is 8.36. The van der Waals surface area contributed by atoms with Crippen LogP contribution >= 0.6 is 0 Å². The normalized spacial score (nSPS) is 25.9. The van der Waals surface area contributed by atoms with Crippen molar-refractivity contribution in [3.63, 3.8) is 0 Å². The van der Waals surface area contributed by atoms with E-state index < -0.39 is 21.9 Å². The summed E-state index contributed by atoms with van der Waals surface area (Å²) in [4.78, 5) is 1.97. The summed E-state index contributed by atoms with van der Waals surface area (Å²) in [6.45, 7) is 4.00. The van der Waals surface area contributed by atoms with Crippen molar-refractivity contribution in [2.45, 2.75) is 37.0 Å². The van der Waals surface area contributed by atoms with Gasteiger partial charge in [-0.1, -0.05) is 35.4 Å². The highest BCUT2D eigenvalue weighted by Crippen LogP contribution is 2.53. The molecule has 0 aromatic heterocycles. The average molecular weight is 360 g/mol. The summed E-state index contributed by atoms with van der Waals surface area (Å²) in [6, 6.07) is 12.4. The van der Waals surface area contributed by atoms with E-state index in [1.165, 1.54) is 4.31 Å². The van der Waals surface area contributed by atoms with E-state index >= 15 is 4.39 Å². The van der Waals surface area contributed by atoms with E-state index in [1.807, 2.05) is 32.0 Å². The number of alkyl halides is 1. The SMILES string of the molecule is Cc1ccc(S(=O)(=O)N2CC[C@@]3(F)c4cc(C)ccc4N(C)[C@@H]23)cc1. The lowest BCUT2D eigenvalue weighted by molar-refractivity contribution is 0.138. The lowest BCUT2D eigenvalue weighted by Crippen LogP contribution is -2.49. The molecule has 4 rings (SSSR count). The van der Waals surface area contributed by atoms with Gasteiger partial charge in [0.05, 0.1) is 4.90 Å². The number of anilines is 1. The second-order valence-corrected chi connectivity index (χ2v) is 8.94. The Morgan fingerprint density at radius 2 is 1.72 bits per heavy atom. The number of likely N-dealkylation sites (N-methyl/N-ethyl adjacent to an activating group) is 1. The number of sulfonamides is 1. The van der Waals surface area contributed by atoms with Gasteiger partial charge in [0.2, 0.25) is 10.0 Å². The Morgan fingerprint density at radius 3 is 2.40 bits per heavy atom. The Kier molecular flexibility index (Phi) is 3.50. The largest absolute Gasteiger partial charge is 0.355 e. The van der Waals surface area contributed by atoms with Crippen LogP contribution in [0.25, 0.3) is 0 Å². The minimum Gasteiger partial charge on any atom is -0.355 e. The van der Waals surface area contributed by atoms with Gasteiger partial charge in [0, 0.05) is 31.3 Å². The maximum Gasteiger partial charge on any atom is 0.244 e. The van der Waals surface area contributed by atoms with Crippen molar-refractivity contribution in [1.82, 2.24) is 4.31 Å². The second kappa shape index (κ2) is 5.29. The topological polar surface area (TPSA) is 40.6 Å². The first kappa shape index (κ1) is 16.5. The van der Waals surface area contributed by atoms with Crippen LogP contribution in [0.4, 0.5) is 10.1 Å². The zero-order valence-electron chi connectivity index (χ0n) is 14.5. The van der Waals surface area contributed by atoms with Crippen LogP contribution in [0.15, 0.2) is 47.4 Å². The predicted molar refractivity (Wildman–Crippen MR) is 95.8 cm³/mol. The highest BCUT2D eigenvalue weighted by atomic mass is 32.2. The summed E-state index contributed by atoms with van der Waals surface area (Å²) in [5.74, 6) is 0. The molecule has 2 aromatic rings. The molecule has 0 radical (unpaired) electrons. The maximum absolute atomic E-state index is 15.9. The molecule has 2 aliphatic heterocycles. The third-order valence-electron chi connectivity index (χ3n) is 5.35. The molecule has 0 saturated carbocycles. The summed E-state index contributed by atoms with van der Waals surface area (Å²) in [5.41, 5.74) is 1.66. The molecule has 1 fully saturated rings. The van der Waals surface area contributed by atoms with E-state index in [-0.39, 0.29) is 17.9 Å². The molecular formula is C19H21FN2O2S. The Hall–Kier alpha value is -1.92. The summed E-state index contributed by atoms with van der Waals surface area (Å²) in [7, 11) is -1.99. The smallest absolute Gasteiger partial charge is 0.244 e. The summed E-state index contributed by atoms with van der Waals surface area (Å²) >= 11 is 0. The van der Waals surface area contributed by atoms with Crippen molar-refractivity contribution >= 4 is 15.7 Å². The molecule has 0 amide bonds. The average Bonchev–Trinajstić information content (AvgIpc) is 3.02. The fourth-order valence-corrected chi connectivity index (χ4v) is 5.70. The molecule has 25 heavy (non-hydrogen) atoms. The van der Waals surface area contributed by atoms with Gasteiger partial charge in [0.1, 0.15) is 6.17 Å². The molecule has 4 nitrogen and oxygen atoms in total. The molecule has 1 saturated heterocycles. The quantitative estimate of drug-likeness (QED) is 0.825. The van der Waals surface area contributed by atoms with Crippen LogP contribution in [0.2, 0.25) is 0 Å². The van der Waals surface area contributed by atoms with E-state index in [4.69, 9.17) is 0 Å². The Bertz CT molecular complexity index is 942. The van der Waals surface area contributed by atoms with Gasteiger partial charge in [-0.25, -0.2) is 12.8 Å². The summed E-state index contributed by atoms with van der Waals surface area (Å²) in [6.07, 6.45) is -0.667. The number of hydrogen-bond donors (Lipinski definition) is 0. The van der Waals surface area contributed by atoms with E-state index in [2.05, 4.69) is 0 Å². The molecule has 0 bridgehead atoms. The number of rotatable bonds is 2. The number of nitrogens with zero attached hydrogens (tertiary/aromatic N) is 2. The van der Waals surface area contributed by atoms with E-state index in [9.17, 15) is 8.42 Å². The molecule has 6 heteroatoms. The Balaban J connectivity index is 1.79. The Morgan fingerprint density at radius 1 is 1.08 bits per heavy atom. The second-order valence-electron chi connectivity index (χ2n) is 7.05. The van der Waals surface area contributed by atoms with Crippen LogP contribution in [-0.4, -0.2) is 32.5 Å². The van der Waals surface area contributed by atoms with Gasteiger partial charge in [0.15, 0.2) is 5.67 Å². The number of benzene rings is 2. The molecule has 0 aliphatic carbocycles. The van der Waals surface area contributed by atoms with Crippen molar-refractivity contribution in [2.24, 2.45) is 0 Å². The number of aryl methyl sites for hydroxylation is 2. The molecule has 2 aromatic carbocycles. The van der Waals surface area contributed by atoms with E-state index in [0.29, 0.717) is 5.56 Å². The van der Waals surface area contributed by atoms with Crippen molar-refractivity contribution in [3.8, 4) is 0 Å². The number of hydrogen-bond acceptors (Lipinski definition) is 3. The molecule has 0 unspecified atom stereocenters. The minimum atomic E-state index is -3.76. The summed E-state index contributed by atoms with van der Waals surface area (Å²) < 4.78 is 43.5. The number of fused-ring (bicyclic) bond motifs is 3. The van der Waals surface area contributed by atoms with Crippen LogP contribution < -0.4 is 4.90 Å². The molecule has 0 N–H and O–H groups in total. The van der Waals surface area contributed by atoms with Gasteiger partial charge < -0.3 is 4.90 Å². The third-order valence-corrected chi connectivity index (χ3v) is 7.22. The summed E-state index contributed by atoms with van der Waals surface area (Å²) in [5, 5.41) is 0. The van der Waals surface area contributed by atoms with Crippen LogP contribution in [0.5, 0.6) is 0 Å². The lowest BCUT2D eigenvalue weighted by Gasteiger charge is -2.31. The van der Waals surface area contributed by atoms with Crippen molar-refractivity contribution in [2.75, 3.05) is 18.5 Å². The molecule has 132 valence electrons. The molecule has 2 aliphatic rings. The van der Waals surface area contributed by atoms with E-state index in [0.717, 1.165) is 16.8 Å². The van der Waals surface area contributed by atoms with Crippen LogP contribution in [0.3, 0.4) is 0 Å². The molecule has 2 heterocycles. The fourth-order valence-electron chi connectivity index (χ4n) is 4.05. The maximum atomic E-state index is 15.9.